The SMILES string of the molecule is COc1ccc(NC(=O)C(=O)NCC(c2ccco2)S(=O)(=O)c2ccc(C)cc2)cc1. The fourth-order valence-corrected chi connectivity index (χ4v) is 4.44. The first kappa shape index (κ1) is 22.1. The molecule has 0 aliphatic carbocycles. The Morgan fingerprint density at radius 1 is 1.00 bits per heavy atom. The highest BCUT2D eigenvalue weighted by Gasteiger charge is 2.32. The average Bonchev–Trinajstić information content (AvgIpc) is 3.28. The normalized spacial score (nSPS) is 12.1. The smallest absolute Gasteiger partial charge is 0.313 e. The summed E-state index contributed by atoms with van der Waals surface area (Å²) >= 11 is 0. The summed E-state index contributed by atoms with van der Waals surface area (Å²) in [5, 5.41) is 3.64. The zero-order valence-corrected chi connectivity index (χ0v) is 17.8. The third-order valence-corrected chi connectivity index (χ3v) is 6.66. The molecule has 0 saturated carbocycles. The standard InChI is InChI=1S/C22H22N2O6S/c1-15-5-11-18(12-6-15)31(27,28)20(19-4-3-13-30-19)14-23-21(25)22(26)24-16-7-9-17(29-2)10-8-16/h3-13,20H,14H2,1-2H3,(H,23,25)(H,24,26). The van der Waals surface area contributed by atoms with Crippen LogP contribution in [0.5, 0.6) is 5.75 Å². The number of carbonyl (C=O) groups is 2. The Morgan fingerprint density at radius 2 is 1.68 bits per heavy atom. The van der Waals surface area contributed by atoms with Crippen LogP contribution in [0.4, 0.5) is 5.69 Å². The molecule has 0 aliphatic heterocycles. The summed E-state index contributed by atoms with van der Waals surface area (Å²) in [5.74, 6) is -1.12. The zero-order chi connectivity index (χ0) is 22.4. The van der Waals surface area contributed by atoms with Crippen molar-refractivity contribution in [2.45, 2.75) is 17.1 Å². The number of carbonyl (C=O) groups excluding carboxylic acids is 2. The molecule has 2 N–H and O–H groups in total. The first-order valence-corrected chi connectivity index (χ1v) is 10.9. The van der Waals surface area contributed by atoms with Gasteiger partial charge in [0.2, 0.25) is 0 Å². The molecule has 0 bridgehead atoms. The zero-order valence-electron chi connectivity index (χ0n) is 17.0. The van der Waals surface area contributed by atoms with Crippen LogP contribution in [-0.2, 0) is 19.4 Å². The van der Waals surface area contributed by atoms with Crippen LogP contribution in [0.3, 0.4) is 0 Å². The monoisotopic (exact) mass is 442 g/mol. The highest BCUT2D eigenvalue weighted by Crippen LogP contribution is 2.29. The number of hydrogen-bond donors (Lipinski definition) is 2. The van der Waals surface area contributed by atoms with Gasteiger partial charge in [0.05, 0.1) is 18.3 Å². The first-order valence-electron chi connectivity index (χ1n) is 9.38. The van der Waals surface area contributed by atoms with E-state index in [1.807, 2.05) is 6.92 Å². The lowest BCUT2D eigenvalue weighted by molar-refractivity contribution is -0.136. The summed E-state index contributed by atoms with van der Waals surface area (Å²) in [5.41, 5.74) is 1.31. The minimum Gasteiger partial charge on any atom is -0.497 e. The summed E-state index contributed by atoms with van der Waals surface area (Å²) in [7, 11) is -2.37. The van der Waals surface area contributed by atoms with Gasteiger partial charge in [-0.1, -0.05) is 17.7 Å². The molecule has 0 aliphatic rings. The number of furan rings is 1. The second-order valence-corrected chi connectivity index (χ2v) is 8.89. The van der Waals surface area contributed by atoms with Crippen LogP contribution in [0.15, 0.2) is 76.2 Å². The molecule has 1 atom stereocenters. The van der Waals surface area contributed by atoms with Crippen molar-refractivity contribution in [2.24, 2.45) is 0 Å². The number of sulfone groups is 1. The summed E-state index contributed by atoms with van der Waals surface area (Å²) in [6.45, 7) is 1.51. The first-order chi connectivity index (χ1) is 14.8. The second kappa shape index (κ2) is 9.48. The predicted molar refractivity (Wildman–Crippen MR) is 114 cm³/mol. The number of amides is 2. The van der Waals surface area contributed by atoms with Gasteiger partial charge in [0.25, 0.3) is 0 Å². The van der Waals surface area contributed by atoms with E-state index in [1.54, 1.807) is 42.5 Å². The molecule has 9 heteroatoms. The highest BCUT2D eigenvalue weighted by atomic mass is 32.2. The Bertz CT molecular complexity index is 1140. The molecule has 1 aromatic heterocycles. The van der Waals surface area contributed by atoms with E-state index in [2.05, 4.69) is 10.6 Å². The number of anilines is 1. The average molecular weight is 442 g/mol. The van der Waals surface area contributed by atoms with E-state index >= 15 is 0 Å². The molecule has 0 radical (unpaired) electrons. The number of methoxy groups -OCH3 is 1. The van der Waals surface area contributed by atoms with Gasteiger partial charge in [-0.25, -0.2) is 8.42 Å². The number of aryl methyl sites for hydroxylation is 1. The number of benzene rings is 2. The summed E-state index contributed by atoms with van der Waals surface area (Å²) in [6, 6.07) is 15.9. The Labute approximate surface area is 180 Å². The fourth-order valence-electron chi connectivity index (χ4n) is 2.86. The molecule has 2 aromatic carbocycles. The highest BCUT2D eigenvalue weighted by molar-refractivity contribution is 7.91. The maximum Gasteiger partial charge on any atom is 0.313 e. The van der Waals surface area contributed by atoms with E-state index in [0.717, 1.165) is 5.56 Å². The van der Waals surface area contributed by atoms with Crippen LogP contribution in [-0.4, -0.2) is 33.9 Å². The van der Waals surface area contributed by atoms with E-state index in [-0.39, 0.29) is 17.2 Å². The Morgan fingerprint density at radius 3 is 2.26 bits per heavy atom. The summed E-state index contributed by atoms with van der Waals surface area (Å²) < 4.78 is 36.6. The molecule has 3 aromatic rings. The van der Waals surface area contributed by atoms with E-state index in [0.29, 0.717) is 11.4 Å². The van der Waals surface area contributed by atoms with Crippen molar-refractivity contribution >= 4 is 27.3 Å². The van der Waals surface area contributed by atoms with Gasteiger partial charge in [0.1, 0.15) is 16.8 Å². The minimum absolute atomic E-state index is 0.0939. The van der Waals surface area contributed by atoms with Crippen molar-refractivity contribution in [2.75, 3.05) is 19.0 Å². The van der Waals surface area contributed by atoms with Crippen molar-refractivity contribution in [3.63, 3.8) is 0 Å². The quantitative estimate of drug-likeness (QED) is 0.544. The van der Waals surface area contributed by atoms with Crippen LogP contribution in [0, 0.1) is 6.92 Å². The number of hydrogen-bond acceptors (Lipinski definition) is 6. The maximum atomic E-state index is 13.2. The number of rotatable bonds is 7. The van der Waals surface area contributed by atoms with Crippen molar-refractivity contribution < 1.29 is 27.2 Å². The largest absolute Gasteiger partial charge is 0.497 e. The van der Waals surface area contributed by atoms with Gasteiger partial charge in [-0.3, -0.25) is 9.59 Å². The molecular weight excluding hydrogens is 420 g/mol. The summed E-state index contributed by atoms with van der Waals surface area (Å²) in [6.07, 6.45) is 1.35. The third kappa shape index (κ3) is 5.32. The number of nitrogens with one attached hydrogen (secondary N) is 2. The Kier molecular flexibility index (Phi) is 6.76. The van der Waals surface area contributed by atoms with E-state index in [9.17, 15) is 18.0 Å². The van der Waals surface area contributed by atoms with Gasteiger partial charge < -0.3 is 19.8 Å². The molecule has 0 saturated heterocycles. The van der Waals surface area contributed by atoms with Gasteiger partial charge in [-0.2, -0.15) is 0 Å². The molecule has 0 spiro atoms. The Balaban J connectivity index is 1.72. The fraction of sp³-hybridized carbons (Fsp3) is 0.182. The lowest BCUT2D eigenvalue weighted by Gasteiger charge is -2.17. The van der Waals surface area contributed by atoms with Gasteiger partial charge in [-0.15, -0.1) is 0 Å². The Hall–Kier alpha value is -3.59. The van der Waals surface area contributed by atoms with E-state index in [4.69, 9.17) is 9.15 Å². The molecule has 0 fully saturated rings. The maximum absolute atomic E-state index is 13.2. The third-order valence-electron chi connectivity index (χ3n) is 4.59. The molecular formula is C22H22N2O6S. The van der Waals surface area contributed by atoms with Crippen LogP contribution in [0.1, 0.15) is 16.6 Å². The van der Waals surface area contributed by atoms with Gasteiger partial charge in [-0.05, 0) is 55.5 Å². The van der Waals surface area contributed by atoms with Crippen molar-refractivity contribution in [3.05, 3.63) is 78.3 Å². The number of ether oxygens (including phenoxy) is 1. The lowest BCUT2D eigenvalue weighted by atomic mass is 10.2. The van der Waals surface area contributed by atoms with Crippen LogP contribution in [0.25, 0.3) is 0 Å². The van der Waals surface area contributed by atoms with E-state index < -0.39 is 26.9 Å². The van der Waals surface area contributed by atoms with Crippen molar-refractivity contribution in [1.29, 1.82) is 0 Å². The summed E-state index contributed by atoms with van der Waals surface area (Å²) in [4.78, 5) is 24.6. The lowest BCUT2D eigenvalue weighted by Crippen LogP contribution is -2.39. The molecule has 162 valence electrons. The second-order valence-electron chi connectivity index (χ2n) is 6.75. The van der Waals surface area contributed by atoms with E-state index in [1.165, 1.54) is 31.6 Å². The molecule has 31 heavy (non-hydrogen) atoms. The van der Waals surface area contributed by atoms with Gasteiger partial charge >= 0.3 is 11.8 Å². The van der Waals surface area contributed by atoms with Crippen molar-refractivity contribution in [3.8, 4) is 5.75 Å². The predicted octanol–water partition coefficient (Wildman–Crippen LogP) is 2.87. The molecule has 1 unspecified atom stereocenters. The molecule has 8 nitrogen and oxygen atoms in total. The van der Waals surface area contributed by atoms with Gasteiger partial charge in [0.15, 0.2) is 9.84 Å². The molecule has 3 rings (SSSR count). The molecule has 1 heterocycles. The van der Waals surface area contributed by atoms with Gasteiger partial charge in [0, 0.05) is 12.2 Å². The van der Waals surface area contributed by atoms with Crippen LogP contribution >= 0.6 is 0 Å². The topological polar surface area (TPSA) is 115 Å². The minimum atomic E-state index is -3.88. The van der Waals surface area contributed by atoms with Crippen LogP contribution < -0.4 is 15.4 Å². The molecule has 2 amide bonds. The van der Waals surface area contributed by atoms with Crippen molar-refractivity contribution in [1.82, 2.24) is 5.32 Å². The van der Waals surface area contributed by atoms with Crippen LogP contribution in [0.2, 0.25) is 0 Å².